The minimum Gasteiger partial charge on any atom is -0.460 e. The van der Waals surface area contributed by atoms with E-state index in [2.05, 4.69) is 13.8 Å². The van der Waals surface area contributed by atoms with Crippen LogP contribution in [0.3, 0.4) is 0 Å². The Labute approximate surface area is 137 Å². The Kier molecular flexibility index (Phi) is 16.4. The molecule has 0 aliphatic rings. The van der Waals surface area contributed by atoms with Crippen LogP contribution in [0.1, 0.15) is 96.8 Å². The highest BCUT2D eigenvalue weighted by atomic mass is 16.5. The van der Waals surface area contributed by atoms with E-state index in [0.29, 0.717) is 6.42 Å². The van der Waals surface area contributed by atoms with Crippen molar-refractivity contribution in [3.8, 4) is 0 Å². The van der Waals surface area contributed by atoms with Gasteiger partial charge in [-0.25, -0.2) is 0 Å². The van der Waals surface area contributed by atoms with Crippen LogP contribution < -0.4 is 0 Å². The lowest BCUT2D eigenvalue weighted by atomic mass is 10.0. The van der Waals surface area contributed by atoms with Gasteiger partial charge in [-0.15, -0.1) is 0 Å². The molecule has 1 atom stereocenters. The maximum absolute atomic E-state index is 11.3. The number of hydrogen-bond donors (Lipinski definition) is 1. The quantitative estimate of drug-likeness (QED) is 0.314. The van der Waals surface area contributed by atoms with Gasteiger partial charge in [0, 0.05) is 6.42 Å². The zero-order chi connectivity index (χ0) is 16.5. The lowest BCUT2D eigenvalue weighted by Crippen LogP contribution is -2.18. The molecule has 0 bridgehead atoms. The summed E-state index contributed by atoms with van der Waals surface area (Å²) in [5.41, 5.74) is 0. The highest BCUT2D eigenvalue weighted by Gasteiger charge is 2.07. The van der Waals surface area contributed by atoms with Crippen LogP contribution in [0.5, 0.6) is 0 Å². The third-order valence-electron chi connectivity index (χ3n) is 3.99. The van der Waals surface area contributed by atoms with Crippen LogP contribution in [0.2, 0.25) is 0 Å². The number of unbranched alkanes of at least 4 members (excludes halogenated alkanes) is 12. The number of carbonyl (C=O) groups excluding carboxylic acids is 1. The number of aliphatic hydroxyl groups excluding tert-OH is 1. The van der Waals surface area contributed by atoms with E-state index >= 15 is 0 Å². The number of carbonyl (C=O) groups is 1. The molecule has 0 saturated heterocycles. The molecule has 0 unspecified atom stereocenters. The van der Waals surface area contributed by atoms with Gasteiger partial charge in [0.15, 0.2) is 0 Å². The first kappa shape index (κ1) is 21.4. The molecule has 0 aromatic rings. The summed E-state index contributed by atoms with van der Waals surface area (Å²) in [4.78, 5) is 11.3. The molecule has 3 nitrogen and oxygen atoms in total. The van der Waals surface area contributed by atoms with E-state index in [1.807, 2.05) is 0 Å². The Morgan fingerprint density at radius 3 is 1.68 bits per heavy atom. The third kappa shape index (κ3) is 15.8. The van der Waals surface area contributed by atoms with E-state index in [1.165, 1.54) is 70.6 Å². The molecule has 0 saturated carbocycles. The average molecular weight is 314 g/mol. The van der Waals surface area contributed by atoms with Gasteiger partial charge in [0.1, 0.15) is 6.10 Å². The number of hydrogen-bond acceptors (Lipinski definition) is 3. The van der Waals surface area contributed by atoms with E-state index in [-0.39, 0.29) is 12.6 Å². The van der Waals surface area contributed by atoms with E-state index in [9.17, 15) is 4.79 Å². The summed E-state index contributed by atoms with van der Waals surface area (Å²) in [7, 11) is 0. The van der Waals surface area contributed by atoms with Crippen molar-refractivity contribution >= 4 is 5.97 Å². The standard InChI is InChI=1S/C19H37O3/c1-3-4-5-6-7-8-9-10-11-12-13-14-15-16-19(21)22-18(2)17-20/h18,20H,2-17H2,1H3/t18-/m0/s1. The maximum atomic E-state index is 11.3. The van der Waals surface area contributed by atoms with Gasteiger partial charge < -0.3 is 9.84 Å². The van der Waals surface area contributed by atoms with Gasteiger partial charge in [-0.2, -0.15) is 0 Å². The molecule has 1 radical (unpaired) electrons. The predicted octanol–water partition coefficient (Wildman–Crippen LogP) is 5.21. The van der Waals surface area contributed by atoms with Crippen molar-refractivity contribution in [2.24, 2.45) is 0 Å². The van der Waals surface area contributed by atoms with Crippen molar-refractivity contribution in [1.29, 1.82) is 0 Å². The van der Waals surface area contributed by atoms with Crippen LogP contribution in [-0.2, 0) is 9.53 Å². The summed E-state index contributed by atoms with van der Waals surface area (Å²) in [6.07, 6.45) is 16.7. The fourth-order valence-corrected chi connectivity index (χ4v) is 2.57. The van der Waals surface area contributed by atoms with Gasteiger partial charge in [-0.05, 0) is 13.3 Å². The van der Waals surface area contributed by atoms with Crippen molar-refractivity contribution in [3.63, 3.8) is 0 Å². The summed E-state index contributed by atoms with van der Waals surface area (Å²) in [5.74, 6) is -0.239. The average Bonchev–Trinajstić information content (AvgIpc) is 2.51. The van der Waals surface area contributed by atoms with Crippen LogP contribution in [0.15, 0.2) is 0 Å². The summed E-state index contributed by atoms with van der Waals surface area (Å²) >= 11 is 0. The Morgan fingerprint density at radius 1 is 0.864 bits per heavy atom. The summed E-state index contributed by atoms with van der Waals surface area (Å²) < 4.78 is 4.91. The van der Waals surface area contributed by atoms with Gasteiger partial charge in [-0.3, -0.25) is 4.79 Å². The Morgan fingerprint density at radius 2 is 1.27 bits per heavy atom. The van der Waals surface area contributed by atoms with Gasteiger partial charge in [0.25, 0.3) is 0 Å². The highest BCUT2D eigenvalue weighted by molar-refractivity contribution is 5.69. The largest absolute Gasteiger partial charge is 0.460 e. The summed E-state index contributed by atoms with van der Waals surface area (Å²) in [6, 6.07) is 0. The van der Waals surface area contributed by atoms with Crippen LogP contribution >= 0.6 is 0 Å². The zero-order valence-corrected chi connectivity index (χ0v) is 14.7. The number of rotatable bonds is 16. The molecule has 0 aliphatic carbocycles. The molecule has 131 valence electrons. The van der Waals surface area contributed by atoms with E-state index in [1.54, 1.807) is 0 Å². The fraction of sp³-hybridized carbons (Fsp3) is 0.895. The topological polar surface area (TPSA) is 46.5 Å². The van der Waals surface area contributed by atoms with E-state index in [0.717, 1.165) is 12.8 Å². The molecule has 3 heteroatoms. The molecule has 1 N–H and O–H groups in total. The molecular formula is C19H37O3. The van der Waals surface area contributed by atoms with Crippen molar-refractivity contribution < 1.29 is 14.6 Å². The van der Waals surface area contributed by atoms with Crippen LogP contribution in [0, 0.1) is 6.92 Å². The highest BCUT2D eigenvalue weighted by Crippen LogP contribution is 2.13. The first-order chi connectivity index (χ1) is 10.7. The second kappa shape index (κ2) is 16.8. The molecule has 0 spiro atoms. The molecule has 0 rings (SSSR count). The first-order valence-electron chi connectivity index (χ1n) is 9.34. The molecule has 22 heavy (non-hydrogen) atoms. The van der Waals surface area contributed by atoms with Gasteiger partial charge >= 0.3 is 5.97 Å². The van der Waals surface area contributed by atoms with Crippen molar-refractivity contribution in [3.05, 3.63) is 6.92 Å². The third-order valence-corrected chi connectivity index (χ3v) is 3.99. The van der Waals surface area contributed by atoms with Crippen molar-refractivity contribution in [1.82, 2.24) is 0 Å². The Hall–Kier alpha value is -0.570. The second-order valence-corrected chi connectivity index (χ2v) is 6.29. The molecule has 0 aliphatic heterocycles. The Bertz CT molecular complexity index is 241. The number of esters is 1. The summed E-state index contributed by atoms with van der Waals surface area (Å²) in [6.45, 7) is 5.57. The van der Waals surface area contributed by atoms with E-state index in [4.69, 9.17) is 9.84 Å². The molecule has 0 heterocycles. The fourth-order valence-electron chi connectivity index (χ4n) is 2.57. The minimum atomic E-state index is -0.616. The Balaban J connectivity index is 3.12. The lowest BCUT2D eigenvalue weighted by Gasteiger charge is -2.09. The predicted molar refractivity (Wildman–Crippen MR) is 92.6 cm³/mol. The first-order valence-corrected chi connectivity index (χ1v) is 9.34. The normalized spacial score (nSPS) is 12.3. The number of aliphatic hydroxyl groups is 1. The van der Waals surface area contributed by atoms with Crippen LogP contribution in [-0.4, -0.2) is 23.8 Å². The molecule has 0 amide bonds. The minimum absolute atomic E-state index is 0.204. The van der Waals surface area contributed by atoms with Gasteiger partial charge in [0.05, 0.1) is 6.61 Å². The monoisotopic (exact) mass is 313 g/mol. The molecule has 0 aromatic carbocycles. The smallest absolute Gasteiger partial charge is 0.306 e. The zero-order valence-electron chi connectivity index (χ0n) is 14.7. The van der Waals surface area contributed by atoms with Gasteiger partial charge in [0.2, 0.25) is 0 Å². The second-order valence-electron chi connectivity index (χ2n) is 6.29. The van der Waals surface area contributed by atoms with Crippen LogP contribution in [0.25, 0.3) is 0 Å². The van der Waals surface area contributed by atoms with Gasteiger partial charge in [-0.1, -0.05) is 84.0 Å². The van der Waals surface area contributed by atoms with Crippen LogP contribution in [0.4, 0.5) is 0 Å². The maximum Gasteiger partial charge on any atom is 0.306 e. The molecule has 0 fully saturated rings. The molecular weight excluding hydrogens is 276 g/mol. The number of ether oxygens (including phenoxy) is 1. The lowest BCUT2D eigenvalue weighted by molar-refractivity contribution is -0.148. The molecule has 0 aromatic heterocycles. The van der Waals surface area contributed by atoms with E-state index < -0.39 is 6.10 Å². The SMILES string of the molecule is [CH2][C@@H](CO)OC(=O)CCCCCCCCCCCCCCC. The summed E-state index contributed by atoms with van der Waals surface area (Å²) in [5, 5.41) is 8.73. The van der Waals surface area contributed by atoms with Crippen molar-refractivity contribution in [2.75, 3.05) is 6.61 Å². The van der Waals surface area contributed by atoms with Crippen molar-refractivity contribution in [2.45, 2.75) is 103 Å².